The second-order valence-electron chi connectivity index (χ2n) is 3.87. The Morgan fingerprint density at radius 3 is 2.83 bits per heavy atom. The summed E-state index contributed by atoms with van der Waals surface area (Å²) in [7, 11) is 1.53. The number of aromatic nitrogens is 1. The van der Waals surface area contributed by atoms with Crippen LogP contribution in [0.5, 0.6) is 5.75 Å². The number of ether oxygens (including phenoxy) is 1. The van der Waals surface area contributed by atoms with Crippen molar-refractivity contribution in [3.05, 3.63) is 57.8 Å². The lowest BCUT2D eigenvalue weighted by Gasteiger charge is -2.08. The molecule has 0 aliphatic carbocycles. The van der Waals surface area contributed by atoms with Crippen LogP contribution in [0.15, 0.2) is 41.0 Å². The molecule has 0 saturated carbocycles. The summed E-state index contributed by atoms with van der Waals surface area (Å²) < 4.78 is 5.91. The molecule has 3 nitrogen and oxygen atoms in total. The number of pyridine rings is 1. The number of aryl methyl sites for hydroxylation is 1. The van der Waals surface area contributed by atoms with Crippen molar-refractivity contribution in [3.8, 4) is 5.75 Å². The first kappa shape index (κ1) is 12.8. The molecule has 2 rings (SSSR count). The van der Waals surface area contributed by atoms with Crippen LogP contribution >= 0.6 is 15.9 Å². The third-order valence-corrected chi connectivity index (χ3v) is 3.26. The zero-order valence-corrected chi connectivity index (χ0v) is 11.7. The molecule has 2 aromatic rings. The van der Waals surface area contributed by atoms with Crippen LogP contribution in [0.25, 0.3) is 0 Å². The molecular formula is C14H12BrNO2. The molecule has 1 heterocycles. The zero-order chi connectivity index (χ0) is 13.1. The van der Waals surface area contributed by atoms with Crippen molar-refractivity contribution in [1.29, 1.82) is 0 Å². The highest BCUT2D eigenvalue weighted by atomic mass is 79.9. The lowest BCUT2D eigenvalue weighted by molar-refractivity contribution is 0.103. The van der Waals surface area contributed by atoms with Gasteiger partial charge in [0.25, 0.3) is 0 Å². The Balaban J connectivity index is 2.51. The molecule has 0 aliphatic heterocycles. The van der Waals surface area contributed by atoms with E-state index in [0.717, 1.165) is 10.0 Å². The summed E-state index contributed by atoms with van der Waals surface area (Å²) in [5.74, 6) is 0.332. The number of hydrogen-bond donors (Lipinski definition) is 0. The SMILES string of the molecule is COc1cccnc1C(=O)c1cc(C)ccc1Br. The van der Waals surface area contributed by atoms with E-state index in [1.165, 1.54) is 7.11 Å². The van der Waals surface area contributed by atoms with Gasteiger partial charge < -0.3 is 4.74 Å². The highest BCUT2D eigenvalue weighted by molar-refractivity contribution is 9.10. The molecular weight excluding hydrogens is 294 g/mol. The number of carbonyl (C=O) groups is 1. The van der Waals surface area contributed by atoms with E-state index in [2.05, 4.69) is 20.9 Å². The molecule has 0 aliphatic rings. The molecule has 0 N–H and O–H groups in total. The first-order chi connectivity index (χ1) is 8.63. The van der Waals surface area contributed by atoms with Crippen molar-refractivity contribution in [1.82, 2.24) is 4.98 Å². The Hall–Kier alpha value is -1.68. The van der Waals surface area contributed by atoms with Gasteiger partial charge in [-0.3, -0.25) is 4.79 Å². The summed E-state index contributed by atoms with van der Waals surface area (Å²) in [6.07, 6.45) is 1.58. The van der Waals surface area contributed by atoms with Gasteiger partial charge in [0.2, 0.25) is 5.78 Å². The predicted molar refractivity (Wildman–Crippen MR) is 73.1 cm³/mol. The largest absolute Gasteiger partial charge is 0.494 e. The Morgan fingerprint density at radius 2 is 2.11 bits per heavy atom. The molecule has 1 aromatic carbocycles. The molecule has 0 saturated heterocycles. The summed E-state index contributed by atoms with van der Waals surface area (Å²) in [4.78, 5) is 16.5. The number of halogens is 1. The molecule has 0 spiro atoms. The third kappa shape index (κ3) is 2.43. The molecule has 0 radical (unpaired) electrons. The molecule has 92 valence electrons. The first-order valence-corrected chi connectivity index (χ1v) is 6.22. The van der Waals surface area contributed by atoms with Gasteiger partial charge >= 0.3 is 0 Å². The minimum atomic E-state index is -0.150. The van der Waals surface area contributed by atoms with E-state index in [-0.39, 0.29) is 5.78 Å². The number of rotatable bonds is 3. The number of ketones is 1. The van der Waals surface area contributed by atoms with E-state index >= 15 is 0 Å². The van der Waals surface area contributed by atoms with E-state index in [0.29, 0.717) is 17.0 Å². The second kappa shape index (κ2) is 5.31. The monoisotopic (exact) mass is 305 g/mol. The van der Waals surface area contributed by atoms with Gasteiger partial charge in [-0.15, -0.1) is 0 Å². The maximum Gasteiger partial charge on any atom is 0.216 e. The minimum absolute atomic E-state index is 0.150. The van der Waals surface area contributed by atoms with Gasteiger partial charge in [-0.2, -0.15) is 0 Å². The normalized spacial score (nSPS) is 10.2. The van der Waals surface area contributed by atoms with Crippen molar-refractivity contribution in [3.63, 3.8) is 0 Å². The molecule has 0 fully saturated rings. The molecule has 0 bridgehead atoms. The van der Waals surface area contributed by atoms with E-state index in [9.17, 15) is 4.79 Å². The maximum atomic E-state index is 12.4. The standard InChI is InChI=1S/C14H12BrNO2/c1-9-5-6-11(15)10(8-9)14(17)13-12(18-2)4-3-7-16-13/h3-8H,1-2H3. The third-order valence-electron chi connectivity index (χ3n) is 2.57. The Labute approximate surface area is 114 Å². The lowest BCUT2D eigenvalue weighted by atomic mass is 10.0. The van der Waals surface area contributed by atoms with Crippen molar-refractivity contribution in [2.45, 2.75) is 6.92 Å². The predicted octanol–water partition coefficient (Wildman–Crippen LogP) is 3.39. The van der Waals surface area contributed by atoms with Crippen molar-refractivity contribution in [2.75, 3.05) is 7.11 Å². The molecule has 0 atom stereocenters. The Morgan fingerprint density at radius 1 is 1.33 bits per heavy atom. The van der Waals surface area contributed by atoms with Gasteiger partial charge in [-0.05, 0) is 31.2 Å². The fraction of sp³-hybridized carbons (Fsp3) is 0.143. The highest BCUT2D eigenvalue weighted by Crippen LogP contribution is 2.24. The second-order valence-corrected chi connectivity index (χ2v) is 4.72. The van der Waals surface area contributed by atoms with Crippen LogP contribution in [0.2, 0.25) is 0 Å². The minimum Gasteiger partial charge on any atom is -0.494 e. The van der Waals surface area contributed by atoms with Crippen LogP contribution in [0.1, 0.15) is 21.6 Å². The van der Waals surface area contributed by atoms with E-state index in [1.54, 1.807) is 18.3 Å². The number of nitrogens with zero attached hydrogens (tertiary/aromatic N) is 1. The van der Waals surface area contributed by atoms with Crippen molar-refractivity contribution >= 4 is 21.7 Å². The Kier molecular flexibility index (Phi) is 3.77. The van der Waals surface area contributed by atoms with Crippen LogP contribution in [0, 0.1) is 6.92 Å². The lowest BCUT2D eigenvalue weighted by Crippen LogP contribution is -2.07. The van der Waals surface area contributed by atoms with E-state index < -0.39 is 0 Å². The van der Waals surface area contributed by atoms with Crippen LogP contribution in [0.4, 0.5) is 0 Å². The summed E-state index contributed by atoms with van der Waals surface area (Å²) in [5, 5.41) is 0. The average Bonchev–Trinajstić information content (AvgIpc) is 2.40. The van der Waals surface area contributed by atoms with Gasteiger partial charge in [-0.25, -0.2) is 4.98 Å². The summed E-state index contributed by atoms with van der Waals surface area (Å²) in [6, 6.07) is 9.10. The number of benzene rings is 1. The average molecular weight is 306 g/mol. The number of hydrogen-bond acceptors (Lipinski definition) is 3. The van der Waals surface area contributed by atoms with Gasteiger partial charge in [0.1, 0.15) is 5.75 Å². The van der Waals surface area contributed by atoms with E-state index in [4.69, 9.17) is 4.74 Å². The smallest absolute Gasteiger partial charge is 0.216 e. The molecule has 0 unspecified atom stereocenters. The molecule has 4 heteroatoms. The van der Waals surface area contributed by atoms with Crippen molar-refractivity contribution in [2.24, 2.45) is 0 Å². The fourth-order valence-corrected chi connectivity index (χ4v) is 2.09. The fourth-order valence-electron chi connectivity index (χ4n) is 1.67. The van der Waals surface area contributed by atoms with Crippen molar-refractivity contribution < 1.29 is 9.53 Å². The van der Waals surface area contributed by atoms with Gasteiger partial charge in [0.05, 0.1) is 7.11 Å². The quantitative estimate of drug-likeness (QED) is 0.816. The van der Waals surface area contributed by atoms with Crippen LogP contribution < -0.4 is 4.74 Å². The summed E-state index contributed by atoms with van der Waals surface area (Å²) in [6.45, 7) is 1.94. The molecule has 18 heavy (non-hydrogen) atoms. The first-order valence-electron chi connectivity index (χ1n) is 5.43. The van der Waals surface area contributed by atoms with Crippen LogP contribution in [-0.4, -0.2) is 17.9 Å². The van der Waals surface area contributed by atoms with E-state index in [1.807, 2.05) is 25.1 Å². The summed E-state index contributed by atoms with van der Waals surface area (Å²) >= 11 is 3.39. The zero-order valence-electron chi connectivity index (χ0n) is 10.1. The molecule has 0 amide bonds. The van der Waals surface area contributed by atoms with Gasteiger partial charge in [0, 0.05) is 16.2 Å². The van der Waals surface area contributed by atoms with Gasteiger partial charge in [0.15, 0.2) is 5.69 Å². The topological polar surface area (TPSA) is 39.2 Å². The Bertz CT molecular complexity index is 596. The maximum absolute atomic E-state index is 12.4. The van der Waals surface area contributed by atoms with Gasteiger partial charge in [-0.1, -0.05) is 27.6 Å². The van der Waals surface area contributed by atoms with Crippen LogP contribution in [-0.2, 0) is 0 Å². The number of methoxy groups -OCH3 is 1. The highest BCUT2D eigenvalue weighted by Gasteiger charge is 2.18. The molecule has 1 aromatic heterocycles. The van der Waals surface area contributed by atoms with Crippen LogP contribution in [0.3, 0.4) is 0 Å². The number of carbonyl (C=O) groups excluding carboxylic acids is 1. The summed E-state index contributed by atoms with van der Waals surface area (Å²) in [5.41, 5.74) is 1.94.